The predicted molar refractivity (Wildman–Crippen MR) is 42.9 cm³/mol. The van der Waals surface area contributed by atoms with Gasteiger partial charge in [-0.15, -0.1) is 0 Å². The Hall–Kier alpha value is -0.430. The van der Waals surface area contributed by atoms with E-state index in [1.54, 1.807) is 0 Å². The minimum atomic E-state index is 0.632. The first kappa shape index (κ1) is 7.23. The minimum Gasteiger partial charge on any atom is -0.323 e. The van der Waals surface area contributed by atoms with E-state index in [1.807, 2.05) is 12.1 Å². The van der Waals surface area contributed by atoms with Crippen molar-refractivity contribution in [2.24, 2.45) is 0 Å². The number of rotatable bonds is 0. The zero-order chi connectivity index (χ0) is 7.52. The monoisotopic (exact) mass is 167 g/mol. The van der Waals surface area contributed by atoms with Gasteiger partial charge in [-0.1, -0.05) is 24.3 Å². The molecule has 2 rings (SSSR count). The third kappa shape index (κ3) is 1.59. The lowest BCUT2D eigenvalue weighted by atomic mass is 10.1. The highest BCUT2D eigenvalue weighted by molar-refractivity contribution is 7.26. The van der Waals surface area contributed by atoms with Gasteiger partial charge in [-0.25, -0.2) is 0 Å². The Morgan fingerprint density at radius 2 is 1.55 bits per heavy atom. The third-order valence-electron chi connectivity index (χ3n) is 1.66. The van der Waals surface area contributed by atoms with Gasteiger partial charge >= 0.3 is 0 Å². The van der Waals surface area contributed by atoms with Crippen molar-refractivity contribution in [2.45, 2.75) is 13.2 Å². The summed E-state index contributed by atoms with van der Waals surface area (Å²) in [6.45, 7) is 1.33. The predicted octanol–water partition coefficient (Wildman–Crippen LogP) is 2.51. The van der Waals surface area contributed by atoms with Crippen molar-refractivity contribution >= 4 is 9.03 Å². The van der Waals surface area contributed by atoms with Crippen LogP contribution in [0.4, 0.5) is 0 Å². The van der Waals surface area contributed by atoms with E-state index >= 15 is 0 Å². The molecule has 0 saturated carbocycles. The van der Waals surface area contributed by atoms with E-state index in [4.69, 9.17) is 9.05 Å². The van der Waals surface area contributed by atoms with Crippen LogP contribution in [0.2, 0.25) is 0 Å². The van der Waals surface area contributed by atoms with Crippen molar-refractivity contribution in [2.75, 3.05) is 0 Å². The van der Waals surface area contributed by atoms with Gasteiger partial charge in [-0.2, -0.15) is 0 Å². The van der Waals surface area contributed by atoms with Crippen molar-refractivity contribution < 1.29 is 9.05 Å². The van der Waals surface area contributed by atoms with Gasteiger partial charge in [0.05, 0.1) is 13.2 Å². The molecule has 1 aliphatic rings. The van der Waals surface area contributed by atoms with E-state index in [-0.39, 0.29) is 0 Å². The molecule has 0 saturated heterocycles. The number of fused-ring (bicyclic) bond motifs is 1. The van der Waals surface area contributed by atoms with Gasteiger partial charge in [0.1, 0.15) is 0 Å². The third-order valence-corrected chi connectivity index (χ3v) is 2.13. The molecule has 0 unspecified atom stereocenters. The average Bonchev–Trinajstić information content (AvgIpc) is 2.28. The molecule has 1 heterocycles. The first-order chi connectivity index (χ1) is 5.47. The molecule has 0 bridgehead atoms. The Balaban J connectivity index is 2.33. The zero-order valence-corrected chi connectivity index (χ0v) is 6.88. The summed E-state index contributed by atoms with van der Waals surface area (Å²) in [4.78, 5) is 0. The van der Waals surface area contributed by atoms with Crippen LogP contribution in [0.5, 0.6) is 0 Å². The topological polar surface area (TPSA) is 18.5 Å². The molecule has 0 fully saturated rings. The molecule has 0 atom stereocenters. The van der Waals surface area contributed by atoms with E-state index in [0.717, 1.165) is 0 Å². The Morgan fingerprint density at radius 1 is 1.00 bits per heavy atom. The molecule has 0 aliphatic carbocycles. The van der Waals surface area contributed by atoms with Crippen molar-refractivity contribution in [1.29, 1.82) is 0 Å². The van der Waals surface area contributed by atoms with E-state index < -0.39 is 0 Å². The van der Waals surface area contributed by atoms with Crippen LogP contribution in [0.25, 0.3) is 0 Å². The summed E-state index contributed by atoms with van der Waals surface area (Å²) in [6.07, 6.45) is 0. The lowest BCUT2D eigenvalue weighted by Gasteiger charge is -2.00. The van der Waals surface area contributed by atoms with Gasteiger partial charge in [0.2, 0.25) is 0 Å². The lowest BCUT2D eigenvalue weighted by Crippen LogP contribution is -1.89. The van der Waals surface area contributed by atoms with Crippen LogP contribution < -0.4 is 0 Å². The number of hydrogen-bond donors (Lipinski definition) is 0. The minimum absolute atomic E-state index is 0.632. The quantitative estimate of drug-likeness (QED) is 0.552. The van der Waals surface area contributed by atoms with Crippen molar-refractivity contribution in [3.05, 3.63) is 35.4 Å². The zero-order valence-electron chi connectivity index (χ0n) is 5.99. The smallest absolute Gasteiger partial charge is 0.257 e. The van der Waals surface area contributed by atoms with Crippen molar-refractivity contribution in [3.8, 4) is 0 Å². The molecule has 0 spiro atoms. The molecule has 1 radical (unpaired) electrons. The van der Waals surface area contributed by atoms with Crippen LogP contribution in [-0.2, 0) is 22.3 Å². The number of hydrogen-bond acceptors (Lipinski definition) is 2. The molecular weight excluding hydrogens is 159 g/mol. The summed E-state index contributed by atoms with van der Waals surface area (Å²) in [5, 5.41) is 0. The second-order valence-electron chi connectivity index (χ2n) is 2.39. The largest absolute Gasteiger partial charge is 0.323 e. The van der Waals surface area contributed by atoms with Crippen LogP contribution in [0.1, 0.15) is 11.1 Å². The molecule has 11 heavy (non-hydrogen) atoms. The highest BCUT2D eigenvalue weighted by Gasteiger charge is 2.06. The maximum absolute atomic E-state index is 5.17. The van der Waals surface area contributed by atoms with Gasteiger partial charge < -0.3 is 9.05 Å². The van der Waals surface area contributed by atoms with Gasteiger partial charge in [0.25, 0.3) is 9.03 Å². The Kier molecular flexibility index (Phi) is 2.18. The second-order valence-corrected chi connectivity index (χ2v) is 3.06. The SMILES string of the molecule is c1ccc2c(c1)CO[P]OC2. The summed E-state index contributed by atoms with van der Waals surface area (Å²) in [6, 6.07) is 8.17. The van der Waals surface area contributed by atoms with Crippen LogP contribution in [-0.4, -0.2) is 0 Å². The Bertz CT molecular complexity index is 225. The van der Waals surface area contributed by atoms with Crippen LogP contribution in [0.15, 0.2) is 24.3 Å². The second kappa shape index (κ2) is 3.31. The van der Waals surface area contributed by atoms with Crippen LogP contribution in [0.3, 0.4) is 0 Å². The molecule has 1 aromatic rings. The summed E-state index contributed by atoms with van der Waals surface area (Å²) in [5.41, 5.74) is 2.47. The van der Waals surface area contributed by atoms with Gasteiger partial charge in [0, 0.05) is 0 Å². The summed E-state index contributed by atoms with van der Waals surface area (Å²) < 4.78 is 10.3. The normalized spacial score (nSPS) is 17.1. The molecule has 0 N–H and O–H groups in total. The molecule has 2 nitrogen and oxygen atoms in total. The van der Waals surface area contributed by atoms with Gasteiger partial charge in [0.15, 0.2) is 0 Å². The van der Waals surface area contributed by atoms with Gasteiger partial charge in [-0.05, 0) is 11.1 Å². The highest BCUT2D eigenvalue weighted by Crippen LogP contribution is 2.25. The maximum atomic E-state index is 5.17. The first-order valence-electron chi connectivity index (χ1n) is 3.48. The van der Waals surface area contributed by atoms with E-state index in [1.165, 1.54) is 11.1 Å². The van der Waals surface area contributed by atoms with Crippen molar-refractivity contribution in [3.63, 3.8) is 0 Å². The fraction of sp³-hybridized carbons (Fsp3) is 0.250. The fourth-order valence-electron chi connectivity index (χ4n) is 1.07. The fourth-order valence-corrected chi connectivity index (χ4v) is 1.53. The summed E-state index contributed by atoms with van der Waals surface area (Å²) in [7, 11) is 0.632. The summed E-state index contributed by atoms with van der Waals surface area (Å²) >= 11 is 0. The molecule has 0 aromatic heterocycles. The van der Waals surface area contributed by atoms with E-state index in [0.29, 0.717) is 22.2 Å². The lowest BCUT2D eigenvalue weighted by molar-refractivity contribution is 0.273. The van der Waals surface area contributed by atoms with Crippen LogP contribution in [0, 0.1) is 0 Å². The molecule has 0 amide bonds. The molecule has 1 aliphatic heterocycles. The van der Waals surface area contributed by atoms with Crippen molar-refractivity contribution in [1.82, 2.24) is 0 Å². The maximum Gasteiger partial charge on any atom is 0.257 e. The molecule has 3 heteroatoms. The van der Waals surface area contributed by atoms with Gasteiger partial charge in [-0.3, -0.25) is 0 Å². The highest BCUT2D eigenvalue weighted by atomic mass is 31.1. The van der Waals surface area contributed by atoms with Crippen LogP contribution >= 0.6 is 9.03 Å². The Morgan fingerprint density at radius 3 is 2.09 bits per heavy atom. The molecule has 57 valence electrons. The first-order valence-corrected chi connectivity index (χ1v) is 4.21. The summed E-state index contributed by atoms with van der Waals surface area (Å²) in [5.74, 6) is 0. The van der Waals surface area contributed by atoms with E-state index in [2.05, 4.69) is 12.1 Å². The van der Waals surface area contributed by atoms with E-state index in [9.17, 15) is 0 Å². The number of benzene rings is 1. The molecular formula is C8H8O2P. The average molecular weight is 167 g/mol. The Labute approximate surface area is 67.5 Å². The molecule has 1 aromatic carbocycles. The standard InChI is InChI=1S/C8H8O2P/c1-2-4-8-6-10-11-9-5-7(8)3-1/h1-4H,5-6H2.